The number of pyridine rings is 2. The number of nitrogens with zero attached hydrogens (tertiary/aromatic N) is 9. The van der Waals surface area contributed by atoms with E-state index in [-0.39, 0.29) is 18.6 Å². The van der Waals surface area contributed by atoms with Gasteiger partial charge in [-0.3, -0.25) is 0 Å². The van der Waals surface area contributed by atoms with E-state index in [1.54, 1.807) is 34.0 Å². The van der Waals surface area contributed by atoms with Gasteiger partial charge in [-0.15, -0.1) is 5.10 Å². The monoisotopic (exact) mass is 544 g/mol. The molecule has 4 aromatic rings. The molecule has 1 amide bonds. The van der Waals surface area contributed by atoms with Crippen LogP contribution in [0.3, 0.4) is 0 Å². The average molecular weight is 545 g/mol. The number of likely N-dealkylation sites (tertiary alicyclic amines) is 1. The molecule has 208 valence electrons. The van der Waals surface area contributed by atoms with Crippen LogP contribution >= 0.6 is 0 Å². The van der Waals surface area contributed by atoms with Crippen molar-refractivity contribution in [2.45, 2.75) is 64.8 Å². The number of hydrogen-bond acceptors (Lipinski definition) is 10. The standard InChI is InChI=1S/C27H32N10O3/c1-16(2)32-20-9-24(37-25-18(12-31-37)8-17(10-28)11-30-25)29-13-19(20)21-14-36(34-33-21)22-6-7-35(15-23(22)38)26(39)40-27(3,4)5/h8-9,11-14,16,22-23,38H,6-7,15H2,1-5H3,(H,29,32)/t22-,23-/m1/s1. The van der Waals surface area contributed by atoms with E-state index in [0.717, 1.165) is 16.6 Å². The maximum Gasteiger partial charge on any atom is 0.410 e. The summed E-state index contributed by atoms with van der Waals surface area (Å²) in [6, 6.07) is 5.47. The number of fused-ring (bicyclic) bond motifs is 1. The minimum Gasteiger partial charge on any atom is -0.444 e. The number of amides is 1. The molecule has 0 aliphatic carbocycles. The number of rotatable bonds is 5. The largest absolute Gasteiger partial charge is 0.444 e. The van der Waals surface area contributed by atoms with Crippen molar-refractivity contribution in [3.8, 4) is 23.1 Å². The summed E-state index contributed by atoms with van der Waals surface area (Å²) in [6.07, 6.45) is 5.88. The Hall–Kier alpha value is -4.57. The number of nitrogens with one attached hydrogen (secondary N) is 1. The Labute approximate surface area is 231 Å². The summed E-state index contributed by atoms with van der Waals surface area (Å²) in [5.74, 6) is 0.552. The Morgan fingerprint density at radius 2 is 2.02 bits per heavy atom. The highest BCUT2D eigenvalue weighted by atomic mass is 16.6. The lowest BCUT2D eigenvalue weighted by Crippen LogP contribution is -2.48. The third kappa shape index (κ3) is 5.57. The van der Waals surface area contributed by atoms with Crippen LogP contribution in [-0.4, -0.2) is 81.7 Å². The van der Waals surface area contributed by atoms with E-state index in [4.69, 9.17) is 10.00 Å². The quantitative estimate of drug-likeness (QED) is 0.381. The lowest BCUT2D eigenvalue weighted by Gasteiger charge is -2.36. The van der Waals surface area contributed by atoms with Gasteiger partial charge >= 0.3 is 6.09 Å². The Kier molecular flexibility index (Phi) is 7.12. The minimum atomic E-state index is -0.827. The first kappa shape index (κ1) is 27.0. The number of β-amino-alcohol motifs (C(OH)–C–C–N with tert-alkyl or cyclic N) is 1. The van der Waals surface area contributed by atoms with Crippen LogP contribution in [0.1, 0.15) is 52.6 Å². The Balaban J connectivity index is 1.39. The fourth-order valence-electron chi connectivity index (χ4n) is 4.63. The third-order valence-electron chi connectivity index (χ3n) is 6.41. The van der Waals surface area contributed by atoms with E-state index in [1.807, 2.05) is 40.7 Å². The van der Waals surface area contributed by atoms with Gasteiger partial charge in [0.15, 0.2) is 11.5 Å². The smallest absolute Gasteiger partial charge is 0.410 e. The van der Waals surface area contributed by atoms with Gasteiger partial charge in [0.2, 0.25) is 0 Å². The van der Waals surface area contributed by atoms with Gasteiger partial charge in [0.1, 0.15) is 17.4 Å². The van der Waals surface area contributed by atoms with Crippen molar-refractivity contribution in [3.05, 3.63) is 42.5 Å². The molecule has 1 aliphatic rings. The Bertz CT molecular complexity index is 1580. The molecule has 13 nitrogen and oxygen atoms in total. The first-order valence-corrected chi connectivity index (χ1v) is 13.1. The molecule has 5 heterocycles. The number of ether oxygens (including phenoxy) is 1. The van der Waals surface area contributed by atoms with Gasteiger partial charge in [-0.05, 0) is 47.1 Å². The van der Waals surface area contributed by atoms with Crippen LogP contribution in [-0.2, 0) is 4.74 Å². The minimum absolute atomic E-state index is 0.119. The molecule has 2 atom stereocenters. The van der Waals surface area contributed by atoms with Gasteiger partial charge in [0, 0.05) is 47.7 Å². The highest BCUT2D eigenvalue weighted by Crippen LogP contribution is 2.31. The van der Waals surface area contributed by atoms with Crippen molar-refractivity contribution >= 4 is 22.8 Å². The summed E-state index contributed by atoms with van der Waals surface area (Å²) in [5.41, 5.74) is 2.55. The molecule has 1 aliphatic heterocycles. The molecule has 0 bridgehead atoms. The van der Waals surface area contributed by atoms with Crippen LogP contribution in [0.25, 0.3) is 28.1 Å². The summed E-state index contributed by atoms with van der Waals surface area (Å²) in [6.45, 7) is 10.1. The van der Waals surface area contributed by atoms with Gasteiger partial charge < -0.3 is 20.1 Å². The summed E-state index contributed by atoms with van der Waals surface area (Å²) in [5, 5.41) is 37.3. The number of aliphatic hydroxyl groups excluding tert-OH is 1. The molecule has 0 unspecified atom stereocenters. The lowest BCUT2D eigenvalue weighted by atomic mass is 10.0. The number of anilines is 1. The number of hydrogen-bond donors (Lipinski definition) is 2. The van der Waals surface area contributed by atoms with Crippen LogP contribution in [0.2, 0.25) is 0 Å². The van der Waals surface area contributed by atoms with E-state index >= 15 is 0 Å². The molecule has 5 rings (SSSR count). The number of aromatic nitrogens is 7. The first-order chi connectivity index (χ1) is 19.0. The Morgan fingerprint density at radius 3 is 2.73 bits per heavy atom. The Morgan fingerprint density at radius 1 is 1.23 bits per heavy atom. The molecule has 1 saturated heterocycles. The van der Waals surface area contributed by atoms with E-state index in [1.165, 1.54) is 11.1 Å². The zero-order valence-corrected chi connectivity index (χ0v) is 23.1. The van der Waals surface area contributed by atoms with Crippen LogP contribution in [0.5, 0.6) is 0 Å². The molecule has 13 heteroatoms. The summed E-state index contributed by atoms with van der Waals surface area (Å²) < 4.78 is 8.72. The van der Waals surface area contributed by atoms with Crippen LogP contribution in [0.4, 0.5) is 10.5 Å². The summed E-state index contributed by atoms with van der Waals surface area (Å²) in [7, 11) is 0. The molecule has 1 fully saturated rings. The van der Waals surface area contributed by atoms with E-state index in [0.29, 0.717) is 35.7 Å². The normalized spacial score (nSPS) is 17.7. The SMILES string of the molecule is CC(C)Nc1cc(-n2ncc3cc(C#N)cnc32)ncc1-c1cn([C@@H]2CCN(C(=O)OC(C)(C)C)C[C@H]2O)nn1. The second-order valence-electron chi connectivity index (χ2n) is 11.1. The maximum atomic E-state index is 12.5. The van der Waals surface area contributed by atoms with Crippen molar-refractivity contribution in [1.82, 2.24) is 39.6 Å². The van der Waals surface area contributed by atoms with E-state index < -0.39 is 17.8 Å². The zero-order valence-electron chi connectivity index (χ0n) is 23.1. The highest BCUT2D eigenvalue weighted by molar-refractivity contribution is 5.79. The van der Waals surface area contributed by atoms with E-state index in [9.17, 15) is 9.90 Å². The summed E-state index contributed by atoms with van der Waals surface area (Å²) >= 11 is 0. The molecule has 40 heavy (non-hydrogen) atoms. The molecular weight excluding hydrogens is 512 g/mol. The number of carbonyl (C=O) groups excluding carboxylic acids is 1. The van der Waals surface area contributed by atoms with Gasteiger partial charge in [-0.25, -0.2) is 19.4 Å². The molecule has 0 spiro atoms. The highest BCUT2D eigenvalue weighted by Gasteiger charge is 2.34. The zero-order chi connectivity index (χ0) is 28.6. The van der Waals surface area contributed by atoms with Gasteiger partial charge in [-0.1, -0.05) is 5.21 Å². The second kappa shape index (κ2) is 10.5. The van der Waals surface area contributed by atoms with Gasteiger partial charge in [-0.2, -0.15) is 15.0 Å². The first-order valence-electron chi connectivity index (χ1n) is 13.1. The van der Waals surface area contributed by atoms with Crippen LogP contribution < -0.4 is 5.32 Å². The summed E-state index contributed by atoms with van der Waals surface area (Å²) in [4.78, 5) is 23.0. The molecular formula is C27H32N10O3. The lowest BCUT2D eigenvalue weighted by molar-refractivity contribution is -0.0120. The number of nitriles is 1. The molecule has 0 aromatic carbocycles. The average Bonchev–Trinajstić information content (AvgIpc) is 3.54. The molecule has 0 saturated carbocycles. The molecule has 4 aromatic heterocycles. The third-order valence-corrected chi connectivity index (χ3v) is 6.41. The predicted octanol–water partition coefficient (Wildman–Crippen LogP) is 3.31. The fourth-order valence-corrected chi connectivity index (χ4v) is 4.63. The van der Waals surface area contributed by atoms with Crippen molar-refractivity contribution in [1.29, 1.82) is 5.26 Å². The van der Waals surface area contributed by atoms with Crippen LogP contribution in [0, 0.1) is 11.3 Å². The van der Waals surface area contributed by atoms with Crippen molar-refractivity contribution in [3.63, 3.8) is 0 Å². The molecule has 2 N–H and O–H groups in total. The fraction of sp³-hybridized carbons (Fsp3) is 0.444. The van der Waals surface area contributed by atoms with Crippen molar-refractivity contribution in [2.24, 2.45) is 0 Å². The van der Waals surface area contributed by atoms with Gasteiger partial charge in [0.25, 0.3) is 0 Å². The predicted molar refractivity (Wildman–Crippen MR) is 147 cm³/mol. The van der Waals surface area contributed by atoms with Crippen LogP contribution in [0.15, 0.2) is 36.9 Å². The van der Waals surface area contributed by atoms with Crippen molar-refractivity contribution in [2.75, 3.05) is 18.4 Å². The maximum absolute atomic E-state index is 12.5. The topological polar surface area (TPSA) is 160 Å². The second-order valence-corrected chi connectivity index (χ2v) is 11.1. The van der Waals surface area contributed by atoms with E-state index in [2.05, 4.69) is 36.8 Å². The molecule has 0 radical (unpaired) electrons. The van der Waals surface area contributed by atoms with Gasteiger partial charge in [0.05, 0.1) is 36.6 Å². The van der Waals surface area contributed by atoms with Crippen molar-refractivity contribution < 1.29 is 14.6 Å². The number of piperidine rings is 1. The number of aliphatic hydroxyl groups is 1. The number of carbonyl (C=O) groups is 1.